The summed E-state index contributed by atoms with van der Waals surface area (Å²) in [6.07, 6.45) is 8.54. The van der Waals surface area contributed by atoms with E-state index >= 15 is 0 Å². The number of carbonyl (C=O) groups excluding carboxylic acids is 1. The van der Waals surface area contributed by atoms with Gasteiger partial charge in [0.05, 0.1) is 0 Å². The molecule has 3 heteroatoms. The minimum Gasteiger partial charge on any atom is -0.297 e. The molecule has 1 rings (SSSR count). The van der Waals surface area contributed by atoms with Crippen molar-refractivity contribution in [2.75, 3.05) is 6.54 Å². The van der Waals surface area contributed by atoms with E-state index in [4.69, 9.17) is 0 Å². The summed E-state index contributed by atoms with van der Waals surface area (Å²) in [5, 5.41) is 0. The van der Waals surface area contributed by atoms with Crippen LogP contribution in [-0.2, 0) is 0 Å². The minimum absolute atomic E-state index is 0.0305. The molecule has 0 aliphatic rings. The van der Waals surface area contributed by atoms with Crippen LogP contribution in [0.1, 0.15) is 49.5 Å². The lowest BCUT2D eigenvalue weighted by Gasteiger charge is -1.96. The van der Waals surface area contributed by atoms with Crippen molar-refractivity contribution < 1.29 is 4.79 Å². The van der Waals surface area contributed by atoms with Crippen LogP contribution in [0.25, 0.3) is 0 Å². The van der Waals surface area contributed by atoms with Gasteiger partial charge >= 0.3 is 0 Å². The molecule has 0 aromatic carbocycles. The summed E-state index contributed by atoms with van der Waals surface area (Å²) in [4.78, 5) is 19.9. The zero-order valence-electron chi connectivity index (χ0n) is 10.4. The van der Waals surface area contributed by atoms with E-state index in [1.54, 1.807) is 24.5 Å². The van der Waals surface area contributed by atoms with Crippen LogP contribution in [0.5, 0.6) is 0 Å². The van der Waals surface area contributed by atoms with Crippen LogP contribution in [0.3, 0.4) is 0 Å². The number of aliphatic imine (C=N–C) groups is 1. The van der Waals surface area contributed by atoms with Crippen LogP contribution in [0.15, 0.2) is 29.4 Å². The van der Waals surface area contributed by atoms with Crippen molar-refractivity contribution in [1.29, 1.82) is 0 Å². The van der Waals surface area contributed by atoms with Crippen LogP contribution < -0.4 is 0 Å². The Bertz CT molecular complexity index is 346. The van der Waals surface area contributed by atoms with Crippen LogP contribution in [0, 0.1) is 0 Å². The number of rotatable bonds is 8. The Kier molecular flexibility index (Phi) is 6.87. The highest BCUT2D eigenvalue weighted by atomic mass is 16.1. The SMILES string of the molecule is CCCCCCN=CCC(=O)c1ccccn1. The summed E-state index contributed by atoms with van der Waals surface area (Å²) in [6, 6.07) is 5.36. The van der Waals surface area contributed by atoms with Gasteiger partial charge in [0.15, 0.2) is 5.78 Å². The summed E-state index contributed by atoms with van der Waals surface area (Å²) in [5.74, 6) is 0.0305. The molecule has 0 N–H and O–H groups in total. The fourth-order valence-electron chi connectivity index (χ4n) is 1.50. The second-order valence-corrected chi connectivity index (χ2v) is 3.99. The van der Waals surface area contributed by atoms with E-state index in [-0.39, 0.29) is 5.78 Å². The van der Waals surface area contributed by atoms with E-state index in [1.807, 2.05) is 6.07 Å². The van der Waals surface area contributed by atoms with E-state index in [0.717, 1.165) is 13.0 Å². The fraction of sp³-hybridized carbons (Fsp3) is 0.500. The standard InChI is InChI=1S/C14H20N2O/c1-2-3-4-6-10-15-12-9-14(17)13-8-5-7-11-16-13/h5,7-8,11-12H,2-4,6,9-10H2,1H3. The van der Waals surface area contributed by atoms with Gasteiger partial charge in [0, 0.05) is 25.4 Å². The molecule has 0 unspecified atom stereocenters. The molecule has 0 aliphatic heterocycles. The van der Waals surface area contributed by atoms with Gasteiger partial charge in [-0.25, -0.2) is 0 Å². The third kappa shape index (κ3) is 5.95. The van der Waals surface area contributed by atoms with E-state index in [2.05, 4.69) is 16.9 Å². The molecule has 3 nitrogen and oxygen atoms in total. The minimum atomic E-state index is 0.0305. The molecule has 0 radical (unpaired) electrons. The van der Waals surface area contributed by atoms with E-state index in [1.165, 1.54) is 19.3 Å². The molecule has 0 saturated heterocycles. The topological polar surface area (TPSA) is 42.3 Å². The average molecular weight is 232 g/mol. The Balaban J connectivity index is 2.18. The zero-order chi connectivity index (χ0) is 12.3. The molecule has 0 spiro atoms. The molecular weight excluding hydrogens is 212 g/mol. The third-order valence-corrected chi connectivity index (χ3v) is 2.50. The number of carbonyl (C=O) groups is 1. The van der Waals surface area contributed by atoms with Gasteiger partial charge < -0.3 is 0 Å². The van der Waals surface area contributed by atoms with Crippen LogP contribution in [0.4, 0.5) is 0 Å². The molecule has 92 valence electrons. The lowest BCUT2D eigenvalue weighted by molar-refractivity contribution is 0.0997. The summed E-state index contributed by atoms with van der Waals surface area (Å²) in [5.41, 5.74) is 0.518. The van der Waals surface area contributed by atoms with Crippen molar-refractivity contribution in [3.05, 3.63) is 30.1 Å². The molecule has 1 aromatic rings. The molecule has 0 amide bonds. The van der Waals surface area contributed by atoms with Gasteiger partial charge in [-0.05, 0) is 18.6 Å². The lowest BCUT2D eigenvalue weighted by Crippen LogP contribution is -2.02. The maximum atomic E-state index is 11.6. The van der Waals surface area contributed by atoms with Crippen LogP contribution in [0.2, 0.25) is 0 Å². The first-order valence-electron chi connectivity index (χ1n) is 6.27. The Labute approximate surface area is 103 Å². The van der Waals surface area contributed by atoms with Crippen molar-refractivity contribution in [2.24, 2.45) is 4.99 Å². The molecule has 0 aliphatic carbocycles. The summed E-state index contributed by atoms with van der Waals surface area (Å²) < 4.78 is 0. The monoisotopic (exact) mass is 232 g/mol. The average Bonchev–Trinajstić information content (AvgIpc) is 2.38. The Hall–Kier alpha value is -1.51. The maximum absolute atomic E-state index is 11.6. The first-order valence-corrected chi connectivity index (χ1v) is 6.27. The lowest BCUT2D eigenvalue weighted by atomic mass is 10.2. The Morgan fingerprint density at radius 3 is 2.94 bits per heavy atom. The van der Waals surface area contributed by atoms with E-state index < -0.39 is 0 Å². The van der Waals surface area contributed by atoms with Crippen LogP contribution in [-0.4, -0.2) is 23.5 Å². The molecule has 1 aromatic heterocycles. The number of hydrogen-bond donors (Lipinski definition) is 0. The van der Waals surface area contributed by atoms with Gasteiger partial charge in [-0.1, -0.05) is 32.3 Å². The highest BCUT2D eigenvalue weighted by Gasteiger charge is 2.03. The molecule has 17 heavy (non-hydrogen) atoms. The quantitative estimate of drug-likeness (QED) is 0.392. The molecule has 0 fully saturated rings. The summed E-state index contributed by atoms with van der Waals surface area (Å²) in [6.45, 7) is 3.02. The van der Waals surface area contributed by atoms with Crippen molar-refractivity contribution in [3.8, 4) is 0 Å². The van der Waals surface area contributed by atoms with Gasteiger partial charge in [0.1, 0.15) is 5.69 Å². The number of Topliss-reactive ketones (excluding diaryl/α,β-unsaturated/α-hetero) is 1. The Morgan fingerprint density at radius 2 is 2.24 bits per heavy atom. The second kappa shape index (κ2) is 8.62. The highest BCUT2D eigenvalue weighted by molar-refractivity contribution is 6.02. The van der Waals surface area contributed by atoms with Crippen LogP contribution >= 0.6 is 0 Å². The molecule has 0 saturated carbocycles. The first-order chi connectivity index (χ1) is 8.34. The second-order valence-electron chi connectivity index (χ2n) is 3.99. The molecule has 1 heterocycles. The summed E-state index contributed by atoms with van der Waals surface area (Å²) in [7, 11) is 0. The highest BCUT2D eigenvalue weighted by Crippen LogP contribution is 1.99. The number of hydrogen-bond acceptors (Lipinski definition) is 3. The van der Waals surface area contributed by atoms with Gasteiger partial charge in [-0.15, -0.1) is 0 Å². The zero-order valence-corrected chi connectivity index (χ0v) is 10.4. The van der Waals surface area contributed by atoms with E-state index in [0.29, 0.717) is 12.1 Å². The largest absolute Gasteiger partial charge is 0.297 e. The van der Waals surface area contributed by atoms with E-state index in [9.17, 15) is 4.79 Å². The molecule has 0 atom stereocenters. The van der Waals surface area contributed by atoms with Crippen molar-refractivity contribution in [1.82, 2.24) is 4.98 Å². The maximum Gasteiger partial charge on any atom is 0.186 e. The predicted octanol–water partition coefficient (Wildman–Crippen LogP) is 3.31. The normalized spacial score (nSPS) is 10.9. The van der Waals surface area contributed by atoms with Gasteiger partial charge in [-0.2, -0.15) is 0 Å². The van der Waals surface area contributed by atoms with Crippen molar-refractivity contribution in [3.63, 3.8) is 0 Å². The number of aromatic nitrogens is 1. The van der Waals surface area contributed by atoms with Gasteiger partial charge in [0.25, 0.3) is 0 Å². The van der Waals surface area contributed by atoms with Gasteiger partial charge in [0.2, 0.25) is 0 Å². The number of unbranched alkanes of at least 4 members (excludes halogenated alkanes) is 3. The molecular formula is C14H20N2O. The van der Waals surface area contributed by atoms with Crippen molar-refractivity contribution >= 4 is 12.0 Å². The van der Waals surface area contributed by atoms with Crippen molar-refractivity contribution in [2.45, 2.75) is 39.0 Å². The number of ketones is 1. The van der Waals surface area contributed by atoms with Gasteiger partial charge in [-0.3, -0.25) is 14.8 Å². The molecule has 0 bridgehead atoms. The Morgan fingerprint density at radius 1 is 1.35 bits per heavy atom. The number of nitrogens with zero attached hydrogens (tertiary/aromatic N) is 2. The first kappa shape index (κ1) is 13.6. The number of pyridine rings is 1. The predicted molar refractivity (Wildman–Crippen MR) is 70.7 cm³/mol. The fourth-order valence-corrected chi connectivity index (χ4v) is 1.50. The smallest absolute Gasteiger partial charge is 0.186 e. The summed E-state index contributed by atoms with van der Waals surface area (Å²) >= 11 is 0. The third-order valence-electron chi connectivity index (χ3n) is 2.50.